The largest absolute Gasteiger partial charge is 0.416 e. The third-order valence-corrected chi connectivity index (χ3v) is 4.88. The van der Waals surface area contributed by atoms with Gasteiger partial charge in [0.15, 0.2) is 0 Å². The minimum Gasteiger partial charge on any atom is -0.381 e. The molecule has 5 nitrogen and oxygen atoms in total. The quantitative estimate of drug-likeness (QED) is 0.536. The molecule has 0 saturated heterocycles. The number of hydrogen-bond acceptors (Lipinski definition) is 3. The van der Waals surface area contributed by atoms with Gasteiger partial charge in [-0.15, -0.1) is 0 Å². The molecule has 0 atom stereocenters. The molecule has 0 radical (unpaired) electrons. The second-order valence-corrected chi connectivity index (χ2v) is 6.95. The van der Waals surface area contributed by atoms with Crippen molar-refractivity contribution in [3.63, 3.8) is 0 Å². The van der Waals surface area contributed by atoms with Crippen molar-refractivity contribution in [1.82, 2.24) is 4.98 Å². The van der Waals surface area contributed by atoms with Crippen LogP contribution in [0.2, 0.25) is 0 Å². The number of aliphatic imine (C=N–C) groups is 1. The first-order valence-electron chi connectivity index (χ1n) is 9.42. The zero-order valence-electron chi connectivity index (χ0n) is 15.9. The van der Waals surface area contributed by atoms with Crippen molar-refractivity contribution in [2.45, 2.75) is 12.6 Å². The van der Waals surface area contributed by atoms with Crippen molar-refractivity contribution in [2.24, 2.45) is 4.99 Å². The standard InChI is InChI=1S/C22H19F3N4O/c23-22(24,25)15-3-1-4-16(11-15)29-21(30)17-13-28-19-6-2-5-18(20(17)19)27-12-14-7-9-26-10-8-14/h1-7,9,11,13,27-28H,8,10,12H2,(H,29,30). The van der Waals surface area contributed by atoms with Crippen molar-refractivity contribution in [1.29, 1.82) is 0 Å². The number of nitrogens with zero attached hydrogens (tertiary/aromatic N) is 1. The SMILES string of the molecule is O=C(Nc1cccc(C(F)(F)F)c1)c1c[nH]c2cccc(NCC3=CC=NCC3)c12. The maximum atomic E-state index is 12.9. The number of amides is 1. The Bertz CT molecular complexity index is 1140. The number of benzene rings is 2. The fraction of sp³-hybridized carbons (Fsp3) is 0.182. The first-order valence-corrected chi connectivity index (χ1v) is 9.42. The molecule has 0 unspecified atom stereocenters. The second-order valence-electron chi connectivity index (χ2n) is 6.95. The van der Waals surface area contributed by atoms with Crippen molar-refractivity contribution < 1.29 is 18.0 Å². The van der Waals surface area contributed by atoms with Crippen molar-refractivity contribution in [2.75, 3.05) is 23.7 Å². The summed E-state index contributed by atoms with van der Waals surface area (Å²) in [4.78, 5) is 20.1. The number of rotatable bonds is 5. The molecule has 1 aromatic heterocycles. The summed E-state index contributed by atoms with van der Waals surface area (Å²) in [5.41, 5.74) is 2.35. The average molecular weight is 412 g/mol. The van der Waals surface area contributed by atoms with E-state index in [1.807, 2.05) is 24.3 Å². The minimum absolute atomic E-state index is 0.0845. The molecule has 8 heteroatoms. The number of hydrogen-bond donors (Lipinski definition) is 3. The highest BCUT2D eigenvalue weighted by Crippen LogP contribution is 2.31. The molecule has 0 saturated carbocycles. The first kappa shape index (κ1) is 19.8. The van der Waals surface area contributed by atoms with Gasteiger partial charge in [-0.05, 0) is 48.4 Å². The molecule has 0 spiro atoms. The van der Waals surface area contributed by atoms with Crippen LogP contribution in [0.15, 0.2) is 65.3 Å². The lowest BCUT2D eigenvalue weighted by Gasteiger charge is -2.13. The summed E-state index contributed by atoms with van der Waals surface area (Å²) in [6.07, 6.45) is 1.71. The number of carbonyl (C=O) groups excluding carboxylic acids is 1. The van der Waals surface area contributed by atoms with Crippen LogP contribution >= 0.6 is 0 Å². The Morgan fingerprint density at radius 1 is 1.17 bits per heavy atom. The van der Waals surface area contributed by atoms with Crippen LogP contribution in [0, 0.1) is 0 Å². The van der Waals surface area contributed by atoms with E-state index in [1.165, 1.54) is 17.7 Å². The Morgan fingerprint density at radius 2 is 2.00 bits per heavy atom. The molecule has 3 N–H and O–H groups in total. The van der Waals surface area contributed by atoms with Gasteiger partial charge < -0.3 is 15.6 Å². The lowest BCUT2D eigenvalue weighted by atomic mass is 10.1. The molecule has 0 aliphatic carbocycles. The molecule has 4 rings (SSSR count). The van der Waals surface area contributed by atoms with E-state index in [2.05, 4.69) is 20.6 Å². The lowest BCUT2D eigenvalue weighted by molar-refractivity contribution is -0.137. The number of allylic oxidation sites excluding steroid dienone is 1. The monoisotopic (exact) mass is 412 g/mol. The molecule has 3 aromatic rings. The number of dihydropyridines is 1. The molecule has 2 aromatic carbocycles. The van der Waals surface area contributed by atoms with Crippen molar-refractivity contribution in [3.05, 3.63) is 71.4 Å². The molecular formula is C22H19F3N4O. The van der Waals surface area contributed by atoms with Crippen LogP contribution in [-0.2, 0) is 6.18 Å². The predicted octanol–water partition coefficient (Wildman–Crippen LogP) is 5.25. The van der Waals surface area contributed by atoms with E-state index in [4.69, 9.17) is 0 Å². The van der Waals surface area contributed by atoms with Gasteiger partial charge in [0.05, 0.1) is 11.1 Å². The normalized spacial score (nSPS) is 13.9. The summed E-state index contributed by atoms with van der Waals surface area (Å²) >= 11 is 0. The first-order chi connectivity index (χ1) is 14.4. The van der Waals surface area contributed by atoms with Crippen LogP contribution in [0.1, 0.15) is 22.3 Å². The van der Waals surface area contributed by atoms with Crippen LogP contribution in [0.25, 0.3) is 10.9 Å². The van der Waals surface area contributed by atoms with E-state index < -0.39 is 17.6 Å². The van der Waals surface area contributed by atoms with Crippen LogP contribution in [0.3, 0.4) is 0 Å². The Labute approximate surface area is 170 Å². The summed E-state index contributed by atoms with van der Waals surface area (Å²) in [6.45, 7) is 1.37. The third-order valence-electron chi connectivity index (χ3n) is 4.88. The highest BCUT2D eigenvalue weighted by Gasteiger charge is 2.30. The molecule has 154 valence electrons. The Morgan fingerprint density at radius 3 is 2.77 bits per heavy atom. The Kier molecular flexibility index (Phi) is 5.31. The zero-order chi connectivity index (χ0) is 21.1. The van der Waals surface area contributed by atoms with Crippen LogP contribution in [0.4, 0.5) is 24.5 Å². The maximum absolute atomic E-state index is 12.9. The maximum Gasteiger partial charge on any atom is 0.416 e. The fourth-order valence-electron chi connectivity index (χ4n) is 3.36. The molecule has 30 heavy (non-hydrogen) atoms. The number of alkyl halides is 3. The molecular weight excluding hydrogens is 393 g/mol. The van der Waals surface area contributed by atoms with Crippen LogP contribution in [-0.4, -0.2) is 30.2 Å². The third kappa shape index (κ3) is 4.22. The average Bonchev–Trinajstić information content (AvgIpc) is 3.17. The smallest absolute Gasteiger partial charge is 0.381 e. The molecule has 1 aliphatic heterocycles. The molecule has 0 bridgehead atoms. The van der Waals surface area contributed by atoms with Crippen molar-refractivity contribution >= 4 is 34.4 Å². The lowest BCUT2D eigenvalue weighted by Crippen LogP contribution is -2.14. The highest BCUT2D eigenvalue weighted by atomic mass is 19.4. The van der Waals surface area contributed by atoms with Crippen molar-refractivity contribution in [3.8, 4) is 0 Å². The van der Waals surface area contributed by atoms with Gasteiger partial charge in [-0.2, -0.15) is 13.2 Å². The van der Waals surface area contributed by atoms with E-state index in [1.54, 1.807) is 12.4 Å². The van der Waals surface area contributed by atoms with Gasteiger partial charge >= 0.3 is 6.18 Å². The number of carbonyl (C=O) groups is 1. The number of nitrogens with one attached hydrogen (secondary N) is 3. The second kappa shape index (κ2) is 8.06. The molecule has 1 aliphatic rings. The van der Waals surface area contributed by atoms with Gasteiger partial charge in [0.1, 0.15) is 0 Å². The van der Waals surface area contributed by atoms with E-state index in [0.717, 1.165) is 36.3 Å². The number of aromatic nitrogens is 1. The zero-order valence-corrected chi connectivity index (χ0v) is 15.9. The minimum atomic E-state index is -4.48. The number of H-pyrrole nitrogens is 1. The highest BCUT2D eigenvalue weighted by molar-refractivity contribution is 6.16. The summed E-state index contributed by atoms with van der Waals surface area (Å²) in [7, 11) is 0. The number of fused-ring (bicyclic) bond motifs is 1. The van der Waals surface area contributed by atoms with Gasteiger partial charge in [0.2, 0.25) is 0 Å². The molecule has 1 amide bonds. The Balaban J connectivity index is 1.59. The topological polar surface area (TPSA) is 69.3 Å². The van der Waals surface area contributed by atoms with E-state index in [0.29, 0.717) is 17.5 Å². The van der Waals surface area contributed by atoms with E-state index in [-0.39, 0.29) is 5.69 Å². The summed E-state index contributed by atoms with van der Waals surface area (Å²) in [5.74, 6) is -0.487. The summed E-state index contributed by atoms with van der Waals surface area (Å²) in [5, 5.41) is 6.61. The van der Waals surface area contributed by atoms with Gasteiger partial charge in [-0.25, -0.2) is 0 Å². The number of halogens is 3. The summed E-state index contributed by atoms with van der Waals surface area (Å²) < 4.78 is 38.8. The van der Waals surface area contributed by atoms with E-state index in [9.17, 15) is 18.0 Å². The van der Waals surface area contributed by atoms with Gasteiger partial charge in [-0.3, -0.25) is 9.79 Å². The summed E-state index contributed by atoms with van der Waals surface area (Å²) in [6, 6.07) is 10.2. The van der Waals surface area contributed by atoms with Gasteiger partial charge in [-0.1, -0.05) is 12.1 Å². The van der Waals surface area contributed by atoms with Gasteiger partial charge in [0, 0.05) is 47.8 Å². The van der Waals surface area contributed by atoms with E-state index >= 15 is 0 Å². The Hall–Kier alpha value is -3.55. The van der Waals surface area contributed by atoms with Gasteiger partial charge in [0.25, 0.3) is 5.91 Å². The molecule has 2 heterocycles. The predicted molar refractivity (Wildman–Crippen MR) is 112 cm³/mol. The molecule has 0 fully saturated rings. The number of anilines is 2. The van der Waals surface area contributed by atoms with Crippen LogP contribution in [0.5, 0.6) is 0 Å². The van der Waals surface area contributed by atoms with Crippen LogP contribution < -0.4 is 10.6 Å². The number of aromatic amines is 1. The fourth-order valence-corrected chi connectivity index (χ4v) is 3.36.